The van der Waals surface area contributed by atoms with Gasteiger partial charge in [0, 0.05) is 25.3 Å². The van der Waals surface area contributed by atoms with E-state index in [1.54, 1.807) is 0 Å². The molecule has 0 aromatic heterocycles. The molecule has 0 aliphatic carbocycles. The van der Waals surface area contributed by atoms with E-state index < -0.39 is 0 Å². The zero-order chi connectivity index (χ0) is 16.6. The van der Waals surface area contributed by atoms with Crippen molar-refractivity contribution in [3.05, 3.63) is 60.2 Å². The van der Waals surface area contributed by atoms with Crippen LogP contribution in [0.2, 0.25) is 0 Å². The lowest BCUT2D eigenvalue weighted by molar-refractivity contribution is -0.123. The van der Waals surface area contributed by atoms with E-state index in [0.29, 0.717) is 12.3 Å². The van der Waals surface area contributed by atoms with E-state index in [9.17, 15) is 4.79 Å². The van der Waals surface area contributed by atoms with Crippen LogP contribution in [-0.4, -0.2) is 38.8 Å². The van der Waals surface area contributed by atoms with Crippen molar-refractivity contribution in [2.24, 2.45) is 0 Å². The SMILES string of the molecule is O=C(COc1ccccc1)NCc1ccccc1N1CCOCC1. The highest BCUT2D eigenvalue weighted by molar-refractivity contribution is 5.77. The molecule has 0 atom stereocenters. The van der Waals surface area contributed by atoms with Gasteiger partial charge in [0.2, 0.25) is 0 Å². The zero-order valence-electron chi connectivity index (χ0n) is 13.6. The van der Waals surface area contributed by atoms with Crippen molar-refractivity contribution in [1.82, 2.24) is 5.32 Å². The number of carbonyl (C=O) groups excluding carboxylic acids is 1. The summed E-state index contributed by atoms with van der Waals surface area (Å²) in [6.45, 7) is 3.75. The molecule has 1 aliphatic rings. The van der Waals surface area contributed by atoms with Crippen molar-refractivity contribution in [3.63, 3.8) is 0 Å². The monoisotopic (exact) mass is 326 g/mol. The number of hydrogen-bond donors (Lipinski definition) is 1. The Balaban J connectivity index is 1.53. The predicted molar refractivity (Wildman–Crippen MR) is 93.3 cm³/mol. The van der Waals surface area contributed by atoms with E-state index in [0.717, 1.165) is 37.6 Å². The fraction of sp³-hybridized carbons (Fsp3) is 0.316. The van der Waals surface area contributed by atoms with Crippen LogP contribution in [0.15, 0.2) is 54.6 Å². The van der Waals surface area contributed by atoms with Gasteiger partial charge in [0.1, 0.15) is 5.75 Å². The first kappa shape index (κ1) is 16.3. The number of anilines is 1. The fourth-order valence-corrected chi connectivity index (χ4v) is 2.68. The van der Waals surface area contributed by atoms with Crippen molar-refractivity contribution in [1.29, 1.82) is 0 Å². The van der Waals surface area contributed by atoms with Gasteiger partial charge >= 0.3 is 0 Å². The lowest BCUT2D eigenvalue weighted by Gasteiger charge is -2.30. The van der Waals surface area contributed by atoms with Crippen molar-refractivity contribution >= 4 is 11.6 Å². The maximum atomic E-state index is 12.0. The number of amides is 1. The molecule has 1 N–H and O–H groups in total. The molecule has 0 bridgehead atoms. The van der Waals surface area contributed by atoms with Gasteiger partial charge in [0.15, 0.2) is 6.61 Å². The van der Waals surface area contributed by atoms with Crippen molar-refractivity contribution in [2.75, 3.05) is 37.8 Å². The molecule has 0 saturated carbocycles. The highest BCUT2D eigenvalue weighted by atomic mass is 16.5. The summed E-state index contributed by atoms with van der Waals surface area (Å²) >= 11 is 0. The molecule has 0 spiro atoms. The second-order valence-electron chi connectivity index (χ2n) is 5.61. The normalized spacial score (nSPS) is 14.2. The van der Waals surface area contributed by atoms with E-state index in [2.05, 4.69) is 16.3 Å². The van der Waals surface area contributed by atoms with Gasteiger partial charge in [0.05, 0.1) is 13.2 Å². The molecular weight excluding hydrogens is 304 g/mol. The smallest absolute Gasteiger partial charge is 0.258 e. The summed E-state index contributed by atoms with van der Waals surface area (Å²) in [5, 5.41) is 2.93. The van der Waals surface area contributed by atoms with Crippen molar-refractivity contribution in [3.8, 4) is 5.75 Å². The van der Waals surface area contributed by atoms with Gasteiger partial charge < -0.3 is 19.7 Å². The molecule has 5 heteroatoms. The highest BCUT2D eigenvalue weighted by Crippen LogP contribution is 2.21. The molecule has 1 aliphatic heterocycles. The molecule has 0 radical (unpaired) electrons. The second kappa shape index (κ2) is 8.36. The molecule has 1 fully saturated rings. The summed E-state index contributed by atoms with van der Waals surface area (Å²) in [5.74, 6) is 0.567. The number of morpholine rings is 1. The van der Waals surface area contributed by atoms with Crippen LogP contribution in [0.3, 0.4) is 0 Å². The molecule has 5 nitrogen and oxygen atoms in total. The molecule has 126 valence electrons. The summed E-state index contributed by atoms with van der Waals surface area (Å²) in [5.41, 5.74) is 2.26. The summed E-state index contributed by atoms with van der Waals surface area (Å²) in [7, 11) is 0. The van der Waals surface area contributed by atoms with Crippen LogP contribution < -0.4 is 15.0 Å². The molecule has 0 unspecified atom stereocenters. The Hall–Kier alpha value is -2.53. The number of hydrogen-bond acceptors (Lipinski definition) is 4. The Bertz CT molecular complexity index is 655. The number of benzene rings is 2. The Morgan fingerprint density at radius 1 is 1.04 bits per heavy atom. The van der Waals surface area contributed by atoms with Crippen LogP contribution >= 0.6 is 0 Å². The average molecular weight is 326 g/mol. The first-order valence-electron chi connectivity index (χ1n) is 8.18. The number of nitrogens with zero attached hydrogens (tertiary/aromatic N) is 1. The lowest BCUT2D eigenvalue weighted by Crippen LogP contribution is -2.37. The van der Waals surface area contributed by atoms with E-state index in [-0.39, 0.29) is 12.5 Å². The molecule has 1 amide bonds. The van der Waals surface area contributed by atoms with Crippen molar-refractivity contribution < 1.29 is 14.3 Å². The first-order valence-corrected chi connectivity index (χ1v) is 8.18. The molecule has 2 aromatic rings. The van der Waals surface area contributed by atoms with Crippen LogP contribution in [0.4, 0.5) is 5.69 Å². The van der Waals surface area contributed by atoms with Crippen LogP contribution in [-0.2, 0) is 16.1 Å². The van der Waals surface area contributed by atoms with Crippen LogP contribution in [0.25, 0.3) is 0 Å². The third-order valence-corrected chi connectivity index (χ3v) is 3.93. The topological polar surface area (TPSA) is 50.8 Å². The fourth-order valence-electron chi connectivity index (χ4n) is 2.68. The molecule has 3 rings (SSSR count). The summed E-state index contributed by atoms with van der Waals surface area (Å²) in [6, 6.07) is 17.5. The van der Waals surface area contributed by atoms with Gasteiger partial charge in [-0.25, -0.2) is 0 Å². The van der Waals surface area contributed by atoms with E-state index in [1.807, 2.05) is 48.5 Å². The van der Waals surface area contributed by atoms with Crippen LogP contribution in [0, 0.1) is 0 Å². The van der Waals surface area contributed by atoms with Gasteiger partial charge in [0.25, 0.3) is 5.91 Å². The second-order valence-corrected chi connectivity index (χ2v) is 5.61. The summed E-state index contributed by atoms with van der Waals surface area (Å²) in [6.07, 6.45) is 0. The van der Waals surface area contributed by atoms with Crippen LogP contribution in [0.1, 0.15) is 5.56 Å². The van der Waals surface area contributed by atoms with Gasteiger partial charge in [-0.15, -0.1) is 0 Å². The van der Waals surface area contributed by atoms with Crippen molar-refractivity contribution in [2.45, 2.75) is 6.54 Å². The molecule has 1 saturated heterocycles. The summed E-state index contributed by atoms with van der Waals surface area (Å²) < 4.78 is 10.9. The minimum Gasteiger partial charge on any atom is -0.484 e. The van der Waals surface area contributed by atoms with Gasteiger partial charge in [-0.05, 0) is 23.8 Å². The maximum absolute atomic E-state index is 12.0. The first-order chi connectivity index (χ1) is 11.8. The molecular formula is C19H22N2O3. The number of ether oxygens (including phenoxy) is 2. The van der Waals surface area contributed by atoms with E-state index >= 15 is 0 Å². The Morgan fingerprint density at radius 2 is 1.75 bits per heavy atom. The van der Waals surface area contributed by atoms with Gasteiger partial charge in [-0.3, -0.25) is 4.79 Å². The third-order valence-electron chi connectivity index (χ3n) is 3.93. The number of rotatable bonds is 6. The predicted octanol–water partition coefficient (Wildman–Crippen LogP) is 2.22. The van der Waals surface area contributed by atoms with Gasteiger partial charge in [-0.2, -0.15) is 0 Å². The molecule has 1 heterocycles. The zero-order valence-corrected chi connectivity index (χ0v) is 13.6. The Labute approximate surface area is 142 Å². The third kappa shape index (κ3) is 4.49. The Morgan fingerprint density at radius 3 is 2.54 bits per heavy atom. The van der Waals surface area contributed by atoms with E-state index in [4.69, 9.17) is 9.47 Å². The number of nitrogens with one attached hydrogen (secondary N) is 1. The number of carbonyl (C=O) groups is 1. The standard InChI is InChI=1S/C19H22N2O3/c22-19(15-24-17-7-2-1-3-8-17)20-14-16-6-4-5-9-18(16)21-10-12-23-13-11-21/h1-9H,10-15H2,(H,20,22). The quantitative estimate of drug-likeness (QED) is 0.884. The summed E-state index contributed by atoms with van der Waals surface area (Å²) in [4.78, 5) is 14.3. The van der Waals surface area contributed by atoms with Crippen LogP contribution in [0.5, 0.6) is 5.75 Å². The maximum Gasteiger partial charge on any atom is 0.258 e. The van der Waals surface area contributed by atoms with Gasteiger partial charge in [-0.1, -0.05) is 36.4 Å². The number of para-hydroxylation sites is 2. The Kier molecular flexibility index (Phi) is 5.69. The highest BCUT2D eigenvalue weighted by Gasteiger charge is 2.14. The average Bonchev–Trinajstić information content (AvgIpc) is 2.66. The minimum atomic E-state index is -0.129. The molecule has 24 heavy (non-hydrogen) atoms. The molecule has 2 aromatic carbocycles. The minimum absolute atomic E-state index is 0.0176. The van der Waals surface area contributed by atoms with E-state index in [1.165, 1.54) is 0 Å². The largest absolute Gasteiger partial charge is 0.484 e. The lowest BCUT2D eigenvalue weighted by atomic mass is 10.1.